The Morgan fingerprint density at radius 1 is 1.25 bits per heavy atom. The van der Waals surface area contributed by atoms with Crippen LogP contribution in [-0.2, 0) is 6.42 Å². The molecule has 1 saturated carbocycles. The summed E-state index contributed by atoms with van der Waals surface area (Å²) in [5.41, 5.74) is 0.743. The summed E-state index contributed by atoms with van der Waals surface area (Å²) in [6, 6.07) is 6.77. The zero-order chi connectivity index (χ0) is 11.6. The highest BCUT2D eigenvalue weighted by atomic mass is 19.1. The molecule has 0 atom stereocenters. The van der Waals surface area contributed by atoms with Crippen molar-refractivity contribution in [3.8, 4) is 0 Å². The Morgan fingerprint density at radius 3 is 2.38 bits per heavy atom. The molecule has 0 radical (unpaired) electrons. The van der Waals surface area contributed by atoms with E-state index in [1.807, 2.05) is 19.1 Å². The Bertz CT molecular complexity index is 332. The normalized spacial score (nSPS) is 30.3. The maximum atomic E-state index is 12.7. The SMILES string of the molecule is CC1(O)CCC(Cc2ccc(F)cc2)CC1. The molecule has 0 aliphatic heterocycles. The van der Waals surface area contributed by atoms with E-state index in [9.17, 15) is 9.50 Å². The summed E-state index contributed by atoms with van der Waals surface area (Å²) in [7, 11) is 0. The molecule has 0 heterocycles. The molecule has 1 nitrogen and oxygen atoms in total. The highest BCUT2D eigenvalue weighted by molar-refractivity contribution is 5.16. The molecule has 0 amide bonds. The van der Waals surface area contributed by atoms with Crippen LogP contribution in [0.5, 0.6) is 0 Å². The molecule has 1 aromatic carbocycles. The second-order valence-corrected chi connectivity index (χ2v) is 5.27. The predicted molar refractivity (Wildman–Crippen MR) is 62.7 cm³/mol. The molecule has 1 N–H and O–H groups in total. The molecule has 1 aromatic rings. The van der Waals surface area contributed by atoms with Gasteiger partial charge in [-0.05, 0) is 62.6 Å². The van der Waals surface area contributed by atoms with E-state index in [-0.39, 0.29) is 5.82 Å². The fraction of sp³-hybridized carbons (Fsp3) is 0.571. The van der Waals surface area contributed by atoms with Crippen LogP contribution in [0, 0.1) is 11.7 Å². The predicted octanol–water partition coefficient (Wildman–Crippen LogP) is 3.31. The first kappa shape index (κ1) is 11.6. The van der Waals surface area contributed by atoms with Gasteiger partial charge >= 0.3 is 0 Å². The lowest BCUT2D eigenvalue weighted by molar-refractivity contribution is 0.00813. The fourth-order valence-electron chi connectivity index (χ4n) is 2.46. The van der Waals surface area contributed by atoms with E-state index in [2.05, 4.69) is 0 Å². The van der Waals surface area contributed by atoms with Gasteiger partial charge in [-0.1, -0.05) is 12.1 Å². The average molecular weight is 222 g/mol. The molecule has 0 spiro atoms. The second-order valence-electron chi connectivity index (χ2n) is 5.27. The standard InChI is InChI=1S/C14H19FO/c1-14(16)8-6-12(7-9-14)10-11-2-4-13(15)5-3-11/h2-5,12,16H,6-10H2,1H3. The van der Waals surface area contributed by atoms with Gasteiger partial charge < -0.3 is 5.11 Å². The van der Waals surface area contributed by atoms with Crippen LogP contribution < -0.4 is 0 Å². The van der Waals surface area contributed by atoms with Gasteiger partial charge in [0, 0.05) is 0 Å². The van der Waals surface area contributed by atoms with E-state index >= 15 is 0 Å². The number of benzene rings is 1. The van der Waals surface area contributed by atoms with Crippen molar-refractivity contribution in [1.29, 1.82) is 0 Å². The van der Waals surface area contributed by atoms with Gasteiger partial charge in [0.1, 0.15) is 5.82 Å². The van der Waals surface area contributed by atoms with E-state index in [0.29, 0.717) is 5.92 Å². The highest BCUT2D eigenvalue weighted by Gasteiger charge is 2.28. The molecule has 1 aliphatic rings. The molecule has 0 aromatic heterocycles. The first-order valence-corrected chi connectivity index (χ1v) is 6.02. The van der Waals surface area contributed by atoms with Crippen LogP contribution in [0.2, 0.25) is 0 Å². The number of rotatable bonds is 2. The van der Waals surface area contributed by atoms with Gasteiger partial charge in [-0.15, -0.1) is 0 Å². The summed E-state index contributed by atoms with van der Waals surface area (Å²) in [5, 5.41) is 9.85. The molecule has 1 aliphatic carbocycles. The first-order chi connectivity index (χ1) is 7.55. The van der Waals surface area contributed by atoms with Gasteiger partial charge in [0.15, 0.2) is 0 Å². The molecular formula is C14H19FO. The van der Waals surface area contributed by atoms with Gasteiger partial charge in [0.25, 0.3) is 0 Å². The third kappa shape index (κ3) is 3.05. The zero-order valence-electron chi connectivity index (χ0n) is 9.75. The Balaban J connectivity index is 1.89. The van der Waals surface area contributed by atoms with Gasteiger partial charge in [-0.25, -0.2) is 4.39 Å². The lowest BCUT2D eigenvalue weighted by Crippen LogP contribution is -2.30. The molecule has 0 bridgehead atoms. The van der Waals surface area contributed by atoms with Crippen LogP contribution in [0.3, 0.4) is 0 Å². The Hall–Kier alpha value is -0.890. The summed E-state index contributed by atoms with van der Waals surface area (Å²) in [4.78, 5) is 0. The van der Waals surface area contributed by atoms with Crippen molar-refractivity contribution < 1.29 is 9.50 Å². The Labute approximate surface area is 96.3 Å². The minimum atomic E-state index is -0.459. The topological polar surface area (TPSA) is 20.2 Å². The lowest BCUT2D eigenvalue weighted by Gasteiger charge is -2.33. The van der Waals surface area contributed by atoms with E-state index < -0.39 is 5.60 Å². The number of hydrogen-bond acceptors (Lipinski definition) is 1. The monoisotopic (exact) mass is 222 g/mol. The van der Waals surface area contributed by atoms with E-state index in [1.165, 1.54) is 17.7 Å². The summed E-state index contributed by atoms with van der Waals surface area (Å²) < 4.78 is 12.7. The van der Waals surface area contributed by atoms with E-state index in [0.717, 1.165) is 32.1 Å². The maximum Gasteiger partial charge on any atom is 0.123 e. The van der Waals surface area contributed by atoms with Crippen molar-refractivity contribution in [1.82, 2.24) is 0 Å². The van der Waals surface area contributed by atoms with Crippen LogP contribution in [0.15, 0.2) is 24.3 Å². The first-order valence-electron chi connectivity index (χ1n) is 6.02. The van der Waals surface area contributed by atoms with E-state index in [1.54, 1.807) is 0 Å². The third-order valence-corrected chi connectivity index (χ3v) is 3.62. The molecule has 88 valence electrons. The number of aliphatic hydroxyl groups is 1. The van der Waals surface area contributed by atoms with Crippen molar-refractivity contribution >= 4 is 0 Å². The van der Waals surface area contributed by atoms with Gasteiger partial charge in [0.2, 0.25) is 0 Å². The smallest absolute Gasteiger partial charge is 0.123 e. The summed E-state index contributed by atoms with van der Waals surface area (Å²) in [5.74, 6) is 0.473. The minimum Gasteiger partial charge on any atom is -0.390 e. The molecular weight excluding hydrogens is 203 g/mol. The molecule has 0 saturated heterocycles. The zero-order valence-corrected chi connectivity index (χ0v) is 9.75. The quantitative estimate of drug-likeness (QED) is 0.814. The summed E-state index contributed by atoms with van der Waals surface area (Å²) in [6.07, 6.45) is 4.93. The second kappa shape index (κ2) is 4.54. The van der Waals surface area contributed by atoms with Gasteiger partial charge in [-0.3, -0.25) is 0 Å². The fourth-order valence-corrected chi connectivity index (χ4v) is 2.46. The highest BCUT2D eigenvalue weighted by Crippen LogP contribution is 2.33. The van der Waals surface area contributed by atoms with Crippen molar-refractivity contribution in [2.24, 2.45) is 5.92 Å². The Morgan fingerprint density at radius 2 is 1.81 bits per heavy atom. The van der Waals surface area contributed by atoms with Crippen molar-refractivity contribution in [2.75, 3.05) is 0 Å². The van der Waals surface area contributed by atoms with Crippen LogP contribution >= 0.6 is 0 Å². The van der Waals surface area contributed by atoms with Gasteiger partial charge in [-0.2, -0.15) is 0 Å². The summed E-state index contributed by atoms with van der Waals surface area (Å²) >= 11 is 0. The summed E-state index contributed by atoms with van der Waals surface area (Å²) in [6.45, 7) is 1.92. The van der Waals surface area contributed by atoms with Gasteiger partial charge in [0.05, 0.1) is 5.60 Å². The molecule has 0 unspecified atom stereocenters. The average Bonchev–Trinajstić information content (AvgIpc) is 2.24. The largest absolute Gasteiger partial charge is 0.390 e. The maximum absolute atomic E-state index is 12.7. The number of hydrogen-bond donors (Lipinski definition) is 1. The van der Waals surface area contributed by atoms with Crippen molar-refractivity contribution in [3.63, 3.8) is 0 Å². The molecule has 16 heavy (non-hydrogen) atoms. The third-order valence-electron chi connectivity index (χ3n) is 3.62. The molecule has 2 heteroatoms. The Kier molecular flexibility index (Phi) is 3.29. The van der Waals surface area contributed by atoms with Crippen LogP contribution in [-0.4, -0.2) is 10.7 Å². The number of halogens is 1. The minimum absolute atomic E-state index is 0.171. The van der Waals surface area contributed by atoms with Crippen molar-refractivity contribution in [3.05, 3.63) is 35.6 Å². The lowest BCUT2D eigenvalue weighted by atomic mass is 9.77. The molecule has 1 fully saturated rings. The van der Waals surface area contributed by atoms with Crippen LogP contribution in [0.4, 0.5) is 4.39 Å². The van der Waals surface area contributed by atoms with E-state index in [4.69, 9.17) is 0 Å². The van der Waals surface area contributed by atoms with Crippen molar-refractivity contribution in [2.45, 2.75) is 44.6 Å². The molecule has 2 rings (SSSR count). The van der Waals surface area contributed by atoms with Crippen LogP contribution in [0.1, 0.15) is 38.2 Å². The van der Waals surface area contributed by atoms with Crippen LogP contribution in [0.25, 0.3) is 0 Å².